The molecular formula is C16H17NO3. The average Bonchev–Trinajstić information content (AvgIpc) is 3.10. The number of anilines is 1. The van der Waals surface area contributed by atoms with Crippen LogP contribution >= 0.6 is 0 Å². The monoisotopic (exact) mass is 271 g/mol. The van der Waals surface area contributed by atoms with Crippen LogP contribution in [0.15, 0.2) is 36.4 Å². The van der Waals surface area contributed by atoms with Gasteiger partial charge >= 0.3 is 5.97 Å². The molecular weight excluding hydrogens is 254 g/mol. The Labute approximate surface area is 117 Å². The molecule has 1 aromatic carbocycles. The summed E-state index contributed by atoms with van der Waals surface area (Å²) in [4.78, 5) is 23.6. The highest BCUT2D eigenvalue weighted by Crippen LogP contribution is 2.43. The maximum atomic E-state index is 12.2. The van der Waals surface area contributed by atoms with Crippen molar-refractivity contribution in [2.45, 2.75) is 12.8 Å². The number of esters is 1. The number of methoxy groups -OCH3 is 1. The average molecular weight is 271 g/mol. The highest BCUT2D eigenvalue weighted by Gasteiger charge is 2.39. The number of hydrogen-bond acceptors (Lipinski definition) is 3. The Morgan fingerprint density at radius 1 is 1.15 bits per heavy atom. The Kier molecular flexibility index (Phi) is 3.30. The lowest BCUT2D eigenvalue weighted by Gasteiger charge is -2.17. The van der Waals surface area contributed by atoms with Gasteiger partial charge in [-0.15, -0.1) is 0 Å². The normalized spacial score (nSPS) is 26.6. The number of nitrogens with one attached hydrogen (secondary N) is 1. The first-order valence-electron chi connectivity index (χ1n) is 6.85. The third-order valence-electron chi connectivity index (χ3n) is 4.19. The van der Waals surface area contributed by atoms with Gasteiger partial charge in [-0.05, 0) is 48.9 Å². The number of ether oxygens (including phenoxy) is 1. The third kappa shape index (κ3) is 2.33. The van der Waals surface area contributed by atoms with Crippen molar-refractivity contribution in [2.24, 2.45) is 17.8 Å². The van der Waals surface area contributed by atoms with Gasteiger partial charge in [0.2, 0.25) is 5.91 Å². The first kappa shape index (κ1) is 12.9. The van der Waals surface area contributed by atoms with Crippen LogP contribution in [0.4, 0.5) is 5.69 Å². The van der Waals surface area contributed by atoms with E-state index >= 15 is 0 Å². The van der Waals surface area contributed by atoms with E-state index < -0.39 is 0 Å². The summed E-state index contributed by atoms with van der Waals surface area (Å²) in [5, 5.41) is 2.93. The van der Waals surface area contributed by atoms with Crippen molar-refractivity contribution in [2.75, 3.05) is 12.4 Å². The molecule has 0 radical (unpaired) electrons. The standard InChI is InChI=1S/C16H17NO3/c1-20-16(19)11-4-6-13(7-5-11)17-15(18)14-9-10-2-3-12(14)8-10/h2-7,10,12,14H,8-9H2,1H3,(H,17,18)/t10-,12-,14-/m0/s1. The van der Waals surface area contributed by atoms with Gasteiger partial charge in [-0.1, -0.05) is 12.2 Å². The molecule has 1 N–H and O–H groups in total. The fourth-order valence-corrected chi connectivity index (χ4v) is 3.12. The lowest BCUT2D eigenvalue weighted by Crippen LogP contribution is -2.25. The number of hydrogen-bond donors (Lipinski definition) is 1. The second-order valence-electron chi connectivity index (χ2n) is 5.44. The van der Waals surface area contributed by atoms with Crippen LogP contribution in [-0.2, 0) is 9.53 Å². The van der Waals surface area contributed by atoms with Crippen molar-refractivity contribution in [1.29, 1.82) is 0 Å². The minimum Gasteiger partial charge on any atom is -0.465 e. The van der Waals surface area contributed by atoms with Gasteiger partial charge in [0.25, 0.3) is 0 Å². The van der Waals surface area contributed by atoms with E-state index in [1.54, 1.807) is 24.3 Å². The van der Waals surface area contributed by atoms with Crippen LogP contribution in [0.5, 0.6) is 0 Å². The molecule has 2 aliphatic rings. The van der Waals surface area contributed by atoms with Crippen molar-refractivity contribution in [1.82, 2.24) is 0 Å². The molecule has 0 aromatic heterocycles. The summed E-state index contributed by atoms with van der Waals surface area (Å²) in [7, 11) is 1.35. The van der Waals surface area contributed by atoms with Crippen molar-refractivity contribution in [3.63, 3.8) is 0 Å². The zero-order valence-corrected chi connectivity index (χ0v) is 11.3. The number of carbonyl (C=O) groups excluding carboxylic acids is 2. The molecule has 20 heavy (non-hydrogen) atoms. The molecule has 4 nitrogen and oxygen atoms in total. The molecule has 0 heterocycles. The first-order chi connectivity index (χ1) is 9.67. The summed E-state index contributed by atoms with van der Waals surface area (Å²) in [6.45, 7) is 0. The van der Waals surface area contributed by atoms with E-state index in [2.05, 4.69) is 22.2 Å². The minimum absolute atomic E-state index is 0.0765. The van der Waals surface area contributed by atoms with Crippen molar-refractivity contribution < 1.29 is 14.3 Å². The van der Waals surface area contributed by atoms with Crippen LogP contribution in [0.3, 0.4) is 0 Å². The van der Waals surface area contributed by atoms with Gasteiger partial charge in [-0.25, -0.2) is 4.79 Å². The Balaban J connectivity index is 1.64. The molecule has 1 fully saturated rings. The summed E-state index contributed by atoms with van der Waals surface area (Å²) in [6.07, 6.45) is 6.45. The van der Waals surface area contributed by atoms with Gasteiger partial charge in [0.15, 0.2) is 0 Å². The molecule has 0 saturated heterocycles. The van der Waals surface area contributed by atoms with E-state index in [1.807, 2.05) is 0 Å². The molecule has 3 rings (SSSR count). The van der Waals surface area contributed by atoms with Crippen molar-refractivity contribution in [3.8, 4) is 0 Å². The smallest absolute Gasteiger partial charge is 0.337 e. The molecule has 104 valence electrons. The Hall–Kier alpha value is -2.10. The van der Waals surface area contributed by atoms with Crippen LogP contribution in [0.2, 0.25) is 0 Å². The second-order valence-corrected chi connectivity index (χ2v) is 5.44. The molecule has 0 spiro atoms. The van der Waals surface area contributed by atoms with Crippen LogP contribution in [0, 0.1) is 17.8 Å². The first-order valence-corrected chi connectivity index (χ1v) is 6.85. The van der Waals surface area contributed by atoms with Gasteiger partial charge in [0.05, 0.1) is 12.7 Å². The molecule has 0 aliphatic heterocycles. The summed E-state index contributed by atoms with van der Waals surface area (Å²) >= 11 is 0. The fourth-order valence-electron chi connectivity index (χ4n) is 3.12. The largest absolute Gasteiger partial charge is 0.465 e. The minimum atomic E-state index is -0.374. The Morgan fingerprint density at radius 2 is 1.90 bits per heavy atom. The highest BCUT2D eigenvalue weighted by molar-refractivity contribution is 5.94. The summed E-state index contributed by atoms with van der Waals surface area (Å²) in [5.41, 5.74) is 1.20. The maximum Gasteiger partial charge on any atom is 0.337 e. The van der Waals surface area contributed by atoms with Gasteiger partial charge in [-0.2, -0.15) is 0 Å². The van der Waals surface area contributed by atoms with Gasteiger partial charge in [-0.3, -0.25) is 4.79 Å². The van der Waals surface area contributed by atoms with E-state index in [0.717, 1.165) is 18.5 Å². The fraction of sp³-hybridized carbons (Fsp3) is 0.375. The SMILES string of the molecule is COC(=O)c1ccc(NC(=O)[C@H]2C[C@H]3C=C[C@H]2C3)cc1. The molecule has 2 bridgehead atoms. The molecule has 2 aliphatic carbocycles. The van der Waals surface area contributed by atoms with Gasteiger partial charge < -0.3 is 10.1 Å². The molecule has 3 atom stereocenters. The Bertz CT molecular complexity index is 562. The number of benzene rings is 1. The van der Waals surface area contributed by atoms with Gasteiger partial charge in [0.1, 0.15) is 0 Å². The highest BCUT2D eigenvalue weighted by atomic mass is 16.5. The predicted molar refractivity (Wildman–Crippen MR) is 75.3 cm³/mol. The van der Waals surface area contributed by atoms with E-state index in [9.17, 15) is 9.59 Å². The Morgan fingerprint density at radius 3 is 2.45 bits per heavy atom. The van der Waals surface area contributed by atoms with E-state index in [1.165, 1.54) is 7.11 Å². The third-order valence-corrected chi connectivity index (χ3v) is 4.19. The second kappa shape index (κ2) is 5.12. The molecule has 1 amide bonds. The summed E-state index contributed by atoms with van der Waals surface area (Å²) in [6, 6.07) is 6.77. The number of carbonyl (C=O) groups is 2. The van der Waals surface area contributed by atoms with E-state index in [0.29, 0.717) is 17.4 Å². The maximum absolute atomic E-state index is 12.2. The van der Waals surface area contributed by atoms with Crippen LogP contribution in [-0.4, -0.2) is 19.0 Å². The molecule has 4 heteroatoms. The van der Waals surface area contributed by atoms with Crippen LogP contribution in [0.1, 0.15) is 23.2 Å². The van der Waals surface area contributed by atoms with Crippen molar-refractivity contribution >= 4 is 17.6 Å². The number of rotatable bonds is 3. The molecule has 0 unspecified atom stereocenters. The van der Waals surface area contributed by atoms with E-state index in [4.69, 9.17) is 0 Å². The summed E-state index contributed by atoms with van der Waals surface area (Å²) < 4.78 is 4.64. The zero-order chi connectivity index (χ0) is 14.1. The van der Waals surface area contributed by atoms with Crippen molar-refractivity contribution in [3.05, 3.63) is 42.0 Å². The summed E-state index contributed by atoms with van der Waals surface area (Å²) in [5.74, 6) is 0.769. The number of amides is 1. The lowest BCUT2D eigenvalue weighted by atomic mass is 9.93. The molecule has 1 aromatic rings. The predicted octanol–water partition coefficient (Wildman–Crippen LogP) is 2.62. The van der Waals surface area contributed by atoms with Crippen LogP contribution in [0.25, 0.3) is 0 Å². The zero-order valence-electron chi connectivity index (χ0n) is 11.3. The van der Waals surface area contributed by atoms with E-state index in [-0.39, 0.29) is 17.8 Å². The topological polar surface area (TPSA) is 55.4 Å². The number of fused-ring (bicyclic) bond motifs is 2. The van der Waals surface area contributed by atoms with Crippen LogP contribution < -0.4 is 5.32 Å². The quantitative estimate of drug-likeness (QED) is 0.679. The molecule has 1 saturated carbocycles. The number of allylic oxidation sites excluding steroid dienone is 2. The van der Waals surface area contributed by atoms with Gasteiger partial charge in [0, 0.05) is 11.6 Å². The lowest BCUT2D eigenvalue weighted by molar-refractivity contribution is -0.120.